The maximum atomic E-state index is 5.62. The van der Waals surface area contributed by atoms with Gasteiger partial charge < -0.3 is 5.73 Å². The average molecular weight is 237 g/mol. The molecule has 4 heteroatoms. The second-order valence-electron chi connectivity index (χ2n) is 3.95. The van der Waals surface area contributed by atoms with Crippen LogP contribution in [0.5, 0.6) is 0 Å². The summed E-state index contributed by atoms with van der Waals surface area (Å²) in [7, 11) is 0. The van der Waals surface area contributed by atoms with Gasteiger partial charge in [0.1, 0.15) is 0 Å². The third-order valence-electron chi connectivity index (χ3n) is 2.58. The van der Waals surface area contributed by atoms with Crippen LogP contribution in [0.15, 0.2) is 24.4 Å². The van der Waals surface area contributed by atoms with Gasteiger partial charge in [0.05, 0.1) is 10.7 Å². The van der Waals surface area contributed by atoms with Crippen LogP contribution in [0.2, 0.25) is 0 Å². The second kappa shape index (κ2) is 6.55. The Bertz CT molecular complexity index is 326. The van der Waals surface area contributed by atoms with Crippen molar-refractivity contribution in [1.29, 1.82) is 0 Å². The monoisotopic (exact) mass is 237 g/mol. The van der Waals surface area contributed by atoms with Crippen LogP contribution < -0.4 is 5.73 Å². The molecule has 0 fully saturated rings. The maximum absolute atomic E-state index is 5.62. The van der Waals surface area contributed by atoms with Gasteiger partial charge in [0.25, 0.3) is 0 Å². The summed E-state index contributed by atoms with van der Waals surface area (Å²) in [6.07, 6.45) is 1.82. The molecule has 0 saturated carbocycles. The molecule has 2 N–H and O–H groups in total. The molecule has 88 valence electrons. The lowest BCUT2D eigenvalue weighted by Crippen LogP contribution is -2.33. The number of rotatable bonds is 6. The molecule has 0 amide bonds. The van der Waals surface area contributed by atoms with Gasteiger partial charge in [-0.3, -0.25) is 9.88 Å². The van der Waals surface area contributed by atoms with Crippen LogP contribution in [-0.4, -0.2) is 28.0 Å². The zero-order valence-electron chi connectivity index (χ0n) is 9.89. The van der Waals surface area contributed by atoms with Gasteiger partial charge in [-0.25, -0.2) is 0 Å². The fraction of sp³-hybridized carbons (Fsp3) is 0.500. The molecule has 1 aromatic rings. The number of pyridine rings is 1. The summed E-state index contributed by atoms with van der Waals surface area (Å²) in [5.41, 5.74) is 6.70. The topological polar surface area (TPSA) is 42.2 Å². The highest BCUT2D eigenvalue weighted by atomic mass is 32.1. The Kier molecular flexibility index (Phi) is 5.35. The minimum Gasteiger partial charge on any atom is -0.393 e. The zero-order valence-corrected chi connectivity index (χ0v) is 10.7. The highest BCUT2D eigenvalue weighted by molar-refractivity contribution is 7.80. The Morgan fingerprint density at radius 2 is 2.31 bits per heavy atom. The van der Waals surface area contributed by atoms with Crippen LogP contribution in [0, 0.1) is 5.92 Å². The van der Waals surface area contributed by atoms with E-state index in [0.717, 1.165) is 25.3 Å². The van der Waals surface area contributed by atoms with E-state index in [0.29, 0.717) is 4.99 Å². The molecular weight excluding hydrogens is 218 g/mol. The molecule has 0 aliphatic rings. The van der Waals surface area contributed by atoms with Gasteiger partial charge in [-0.15, -0.1) is 0 Å². The van der Waals surface area contributed by atoms with Gasteiger partial charge in [0.15, 0.2) is 0 Å². The number of hydrogen-bond donors (Lipinski definition) is 1. The number of hydrogen-bond acceptors (Lipinski definition) is 3. The Morgan fingerprint density at radius 1 is 1.56 bits per heavy atom. The minimum absolute atomic E-state index is 0.249. The molecule has 1 atom stereocenters. The van der Waals surface area contributed by atoms with Crippen molar-refractivity contribution < 1.29 is 0 Å². The first-order valence-corrected chi connectivity index (χ1v) is 5.96. The molecule has 1 unspecified atom stereocenters. The minimum atomic E-state index is 0.249. The highest BCUT2D eigenvalue weighted by Crippen LogP contribution is 2.05. The molecular formula is C12H19N3S. The first-order chi connectivity index (χ1) is 7.63. The van der Waals surface area contributed by atoms with Crippen LogP contribution >= 0.6 is 12.2 Å². The van der Waals surface area contributed by atoms with Crippen molar-refractivity contribution >= 4 is 17.2 Å². The summed E-state index contributed by atoms with van der Waals surface area (Å²) in [6.45, 7) is 6.91. The fourth-order valence-corrected chi connectivity index (χ4v) is 1.58. The maximum Gasteiger partial charge on any atom is 0.0768 e. The lowest BCUT2D eigenvalue weighted by Gasteiger charge is -2.23. The van der Waals surface area contributed by atoms with E-state index >= 15 is 0 Å². The summed E-state index contributed by atoms with van der Waals surface area (Å²) < 4.78 is 0. The predicted molar refractivity (Wildman–Crippen MR) is 71.1 cm³/mol. The SMILES string of the molecule is CCN(Cc1ccccn1)CC(C)C(N)=S. The molecule has 1 heterocycles. The number of aromatic nitrogens is 1. The molecule has 0 saturated heterocycles. The summed E-state index contributed by atoms with van der Waals surface area (Å²) >= 11 is 4.98. The molecule has 16 heavy (non-hydrogen) atoms. The van der Waals surface area contributed by atoms with Crippen LogP contribution in [0.25, 0.3) is 0 Å². The Balaban J connectivity index is 2.53. The number of nitrogens with two attached hydrogens (primary N) is 1. The van der Waals surface area contributed by atoms with E-state index in [1.54, 1.807) is 0 Å². The van der Waals surface area contributed by atoms with E-state index in [1.807, 2.05) is 24.4 Å². The highest BCUT2D eigenvalue weighted by Gasteiger charge is 2.11. The third kappa shape index (κ3) is 4.24. The van der Waals surface area contributed by atoms with E-state index in [-0.39, 0.29) is 5.92 Å². The first kappa shape index (κ1) is 13.1. The number of nitrogens with zero attached hydrogens (tertiary/aromatic N) is 2. The molecule has 0 bridgehead atoms. The van der Waals surface area contributed by atoms with Crippen molar-refractivity contribution in [2.24, 2.45) is 11.7 Å². The van der Waals surface area contributed by atoms with Crippen LogP contribution in [0.4, 0.5) is 0 Å². The van der Waals surface area contributed by atoms with E-state index in [2.05, 4.69) is 23.7 Å². The van der Waals surface area contributed by atoms with Crippen molar-refractivity contribution in [3.05, 3.63) is 30.1 Å². The summed E-state index contributed by atoms with van der Waals surface area (Å²) in [4.78, 5) is 7.19. The molecule has 0 aliphatic heterocycles. The second-order valence-corrected chi connectivity index (χ2v) is 4.42. The molecule has 0 spiro atoms. The van der Waals surface area contributed by atoms with E-state index in [4.69, 9.17) is 18.0 Å². The molecule has 1 aromatic heterocycles. The summed E-state index contributed by atoms with van der Waals surface area (Å²) in [5, 5.41) is 0. The van der Waals surface area contributed by atoms with E-state index in [1.165, 1.54) is 0 Å². The van der Waals surface area contributed by atoms with E-state index in [9.17, 15) is 0 Å². The lowest BCUT2D eigenvalue weighted by atomic mass is 10.1. The summed E-state index contributed by atoms with van der Waals surface area (Å²) in [5.74, 6) is 0.249. The van der Waals surface area contributed by atoms with Gasteiger partial charge in [-0.05, 0) is 18.7 Å². The molecule has 3 nitrogen and oxygen atoms in total. The Morgan fingerprint density at radius 3 is 2.81 bits per heavy atom. The Hall–Kier alpha value is -1.00. The predicted octanol–water partition coefficient (Wildman–Crippen LogP) is 1.83. The van der Waals surface area contributed by atoms with Crippen molar-refractivity contribution in [3.8, 4) is 0 Å². The average Bonchev–Trinajstić information content (AvgIpc) is 2.29. The van der Waals surface area contributed by atoms with Crippen LogP contribution in [0.1, 0.15) is 19.5 Å². The standard InChI is InChI=1S/C12H19N3S/c1-3-15(8-10(2)12(13)16)9-11-6-4-5-7-14-11/h4-7,10H,3,8-9H2,1-2H3,(H2,13,16). The zero-order chi connectivity index (χ0) is 12.0. The van der Waals surface area contributed by atoms with Crippen LogP contribution in [0.3, 0.4) is 0 Å². The molecule has 0 radical (unpaired) electrons. The largest absolute Gasteiger partial charge is 0.393 e. The van der Waals surface area contributed by atoms with Crippen molar-refractivity contribution in [2.45, 2.75) is 20.4 Å². The smallest absolute Gasteiger partial charge is 0.0768 e. The van der Waals surface area contributed by atoms with E-state index < -0.39 is 0 Å². The lowest BCUT2D eigenvalue weighted by molar-refractivity contribution is 0.261. The first-order valence-electron chi connectivity index (χ1n) is 5.55. The molecule has 1 rings (SSSR count). The van der Waals surface area contributed by atoms with Gasteiger partial charge in [0, 0.05) is 25.2 Å². The van der Waals surface area contributed by atoms with Gasteiger partial charge in [-0.2, -0.15) is 0 Å². The Labute approximate surface area is 103 Å². The van der Waals surface area contributed by atoms with Crippen molar-refractivity contribution in [1.82, 2.24) is 9.88 Å². The molecule has 0 aromatic carbocycles. The van der Waals surface area contributed by atoms with Crippen LogP contribution in [-0.2, 0) is 6.54 Å². The third-order valence-corrected chi connectivity index (χ3v) is 2.98. The summed E-state index contributed by atoms with van der Waals surface area (Å²) in [6, 6.07) is 5.97. The van der Waals surface area contributed by atoms with Gasteiger partial charge >= 0.3 is 0 Å². The fourth-order valence-electron chi connectivity index (χ4n) is 1.50. The normalized spacial score (nSPS) is 12.7. The van der Waals surface area contributed by atoms with Gasteiger partial charge in [0.2, 0.25) is 0 Å². The number of thiocarbonyl (C=S) groups is 1. The molecule has 0 aliphatic carbocycles. The van der Waals surface area contributed by atoms with Gasteiger partial charge in [-0.1, -0.05) is 32.1 Å². The quantitative estimate of drug-likeness (QED) is 0.766. The van der Waals surface area contributed by atoms with Crippen molar-refractivity contribution in [2.75, 3.05) is 13.1 Å². The van der Waals surface area contributed by atoms with Crippen molar-refractivity contribution in [3.63, 3.8) is 0 Å².